The molecule has 1 aromatic heterocycles. The molecule has 1 heterocycles. The van der Waals surface area contributed by atoms with Gasteiger partial charge in [-0.25, -0.2) is 9.97 Å². The molecule has 4 nitrogen and oxygen atoms in total. The third-order valence-corrected chi connectivity index (χ3v) is 3.55. The maximum absolute atomic E-state index is 6.00. The first kappa shape index (κ1) is 12.9. The SMILES string of the molecule is c1cc(NCc2cncnc2)cc(OC2CCCC2)c1. The number of rotatable bonds is 5. The molecule has 0 spiro atoms. The van der Waals surface area contributed by atoms with Gasteiger partial charge in [-0.3, -0.25) is 0 Å². The average molecular weight is 269 g/mol. The highest BCUT2D eigenvalue weighted by Gasteiger charge is 2.16. The molecule has 20 heavy (non-hydrogen) atoms. The van der Waals surface area contributed by atoms with Gasteiger partial charge in [0.2, 0.25) is 0 Å². The number of nitrogens with one attached hydrogen (secondary N) is 1. The summed E-state index contributed by atoms with van der Waals surface area (Å²) in [4.78, 5) is 8.01. The van der Waals surface area contributed by atoms with Gasteiger partial charge >= 0.3 is 0 Å². The minimum Gasteiger partial charge on any atom is -0.490 e. The van der Waals surface area contributed by atoms with E-state index in [9.17, 15) is 0 Å². The number of hydrogen-bond acceptors (Lipinski definition) is 4. The van der Waals surface area contributed by atoms with Crippen molar-refractivity contribution in [3.63, 3.8) is 0 Å². The lowest BCUT2D eigenvalue weighted by Gasteiger charge is -2.14. The molecule has 0 radical (unpaired) electrons. The van der Waals surface area contributed by atoms with E-state index >= 15 is 0 Å². The van der Waals surface area contributed by atoms with Crippen molar-refractivity contribution in [3.05, 3.63) is 48.5 Å². The standard InChI is InChI=1S/C16H19N3O/c1-2-6-15(5-1)20-16-7-3-4-14(8-16)19-11-13-9-17-12-18-10-13/h3-4,7-10,12,15,19H,1-2,5-6,11H2. The Morgan fingerprint density at radius 2 is 1.95 bits per heavy atom. The first-order valence-electron chi connectivity index (χ1n) is 7.14. The van der Waals surface area contributed by atoms with Crippen LogP contribution >= 0.6 is 0 Å². The van der Waals surface area contributed by atoms with Crippen molar-refractivity contribution in [2.24, 2.45) is 0 Å². The highest BCUT2D eigenvalue weighted by atomic mass is 16.5. The lowest BCUT2D eigenvalue weighted by atomic mass is 10.2. The van der Waals surface area contributed by atoms with Gasteiger partial charge < -0.3 is 10.1 Å². The van der Waals surface area contributed by atoms with E-state index in [0.717, 1.165) is 17.0 Å². The van der Waals surface area contributed by atoms with Crippen LogP contribution in [-0.2, 0) is 6.54 Å². The Kier molecular flexibility index (Phi) is 4.11. The second-order valence-corrected chi connectivity index (χ2v) is 5.15. The van der Waals surface area contributed by atoms with Crippen molar-refractivity contribution in [3.8, 4) is 5.75 Å². The van der Waals surface area contributed by atoms with Gasteiger partial charge in [-0.1, -0.05) is 6.07 Å². The first-order valence-corrected chi connectivity index (χ1v) is 7.14. The summed E-state index contributed by atoms with van der Waals surface area (Å²) in [6, 6.07) is 8.15. The Morgan fingerprint density at radius 3 is 2.75 bits per heavy atom. The molecule has 1 fully saturated rings. The minimum atomic E-state index is 0.396. The first-order chi connectivity index (χ1) is 9.90. The fraction of sp³-hybridized carbons (Fsp3) is 0.375. The van der Waals surface area contributed by atoms with Gasteiger partial charge in [0.05, 0.1) is 6.10 Å². The molecule has 1 aliphatic rings. The Bertz CT molecular complexity index is 538. The van der Waals surface area contributed by atoms with Crippen molar-refractivity contribution in [2.45, 2.75) is 38.3 Å². The van der Waals surface area contributed by atoms with Gasteiger partial charge in [-0.2, -0.15) is 0 Å². The summed E-state index contributed by atoms with van der Waals surface area (Å²) in [6.07, 6.45) is 10.5. The molecule has 0 saturated heterocycles. The zero-order valence-electron chi connectivity index (χ0n) is 11.5. The molecule has 1 aromatic carbocycles. The molecule has 0 unspecified atom stereocenters. The largest absolute Gasteiger partial charge is 0.490 e. The van der Waals surface area contributed by atoms with Crippen LogP contribution in [0.1, 0.15) is 31.2 Å². The Hall–Kier alpha value is -2.10. The molecule has 0 bridgehead atoms. The van der Waals surface area contributed by atoms with Crippen LogP contribution in [0.4, 0.5) is 5.69 Å². The molecule has 0 amide bonds. The van der Waals surface area contributed by atoms with Crippen LogP contribution in [0, 0.1) is 0 Å². The Labute approximate surface area is 119 Å². The minimum absolute atomic E-state index is 0.396. The van der Waals surface area contributed by atoms with Crippen molar-refractivity contribution < 1.29 is 4.74 Å². The fourth-order valence-electron chi connectivity index (χ4n) is 2.50. The van der Waals surface area contributed by atoms with Crippen LogP contribution in [-0.4, -0.2) is 16.1 Å². The molecule has 104 valence electrons. The maximum atomic E-state index is 6.00. The van der Waals surface area contributed by atoms with E-state index in [2.05, 4.69) is 21.4 Å². The topological polar surface area (TPSA) is 47.0 Å². The number of anilines is 1. The van der Waals surface area contributed by atoms with E-state index in [1.165, 1.54) is 25.7 Å². The van der Waals surface area contributed by atoms with Crippen molar-refractivity contribution >= 4 is 5.69 Å². The lowest BCUT2D eigenvalue weighted by molar-refractivity contribution is 0.210. The number of aromatic nitrogens is 2. The van der Waals surface area contributed by atoms with E-state index in [-0.39, 0.29) is 0 Å². The van der Waals surface area contributed by atoms with Gasteiger partial charge in [-0.05, 0) is 37.8 Å². The fourth-order valence-corrected chi connectivity index (χ4v) is 2.50. The van der Waals surface area contributed by atoms with E-state index in [4.69, 9.17) is 4.74 Å². The van der Waals surface area contributed by atoms with Crippen LogP contribution in [0.5, 0.6) is 5.75 Å². The van der Waals surface area contributed by atoms with Crippen LogP contribution in [0.2, 0.25) is 0 Å². The predicted molar refractivity (Wildman–Crippen MR) is 78.7 cm³/mol. The highest BCUT2D eigenvalue weighted by molar-refractivity contribution is 5.48. The number of hydrogen-bond donors (Lipinski definition) is 1. The average Bonchev–Trinajstić information content (AvgIpc) is 3.00. The highest BCUT2D eigenvalue weighted by Crippen LogP contribution is 2.25. The second kappa shape index (κ2) is 6.37. The summed E-state index contributed by atoms with van der Waals surface area (Å²) in [6.45, 7) is 0.716. The molecule has 4 heteroatoms. The molecule has 3 rings (SSSR count). The van der Waals surface area contributed by atoms with E-state index in [1.807, 2.05) is 30.6 Å². The van der Waals surface area contributed by atoms with E-state index in [0.29, 0.717) is 12.6 Å². The Morgan fingerprint density at radius 1 is 1.15 bits per heavy atom. The molecular formula is C16H19N3O. The van der Waals surface area contributed by atoms with Gasteiger partial charge in [-0.15, -0.1) is 0 Å². The molecule has 0 aliphatic heterocycles. The van der Waals surface area contributed by atoms with E-state index in [1.54, 1.807) is 6.33 Å². The van der Waals surface area contributed by atoms with Crippen molar-refractivity contribution in [1.82, 2.24) is 9.97 Å². The summed E-state index contributed by atoms with van der Waals surface area (Å²) >= 11 is 0. The quantitative estimate of drug-likeness (QED) is 0.903. The monoisotopic (exact) mass is 269 g/mol. The third kappa shape index (κ3) is 3.47. The number of ether oxygens (including phenoxy) is 1. The molecule has 2 aromatic rings. The van der Waals surface area contributed by atoms with E-state index < -0.39 is 0 Å². The maximum Gasteiger partial charge on any atom is 0.121 e. The smallest absolute Gasteiger partial charge is 0.121 e. The summed E-state index contributed by atoms with van der Waals surface area (Å²) in [5, 5.41) is 3.37. The Balaban J connectivity index is 1.59. The molecule has 1 aliphatic carbocycles. The number of nitrogens with zero attached hydrogens (tertiary/aromatic N) is 2. The summed E-state index contributed by atoms with van der Waals surface area (Å²) < 4.78 is 6.00. The van der Waals surface area contributed by atoms with Crippen LogP contribution < -0.4 is 10.1 Å². The van der Waals surface area contributed by atoms with Crippen molar-refractivity contribution in [1.29, 1.82) is 0 Å². The molecule has 1 N–H and O–H groups in total. The molecule has 1 saturated carbocycles. The zero-order chi connectivity index (χ0) is 13.6. The normalized spacial score (nSPS) is 15.2. The lowest BCUT2D eigenvalue weighted by Crippen LogP contribution is -2.11. The van der Waals surface area contributed by atoms with Crippen LogP contribution in [0.25, 0.3) is 0 Å². The van der Waals surface area contributed by atoms with Gasteiger partial charge in [0.1, 0.15) is 12.1 Å². The molecular weight excluding hydrogens is 250 g/mol. The summed E-state index contributed by atoms with van der Waals surface area (Å²) in [5.41, 5.74) is 2.12. The van der Waals surface area contributed by atoms with Gasteiger partial charge in [0.15, 0.2) is 0 Å². The summed E-state index contributed by atoms with van der Waals surface area (Å²) in [5.74, 6) is 0.950. The summed E-state index contributed by atoms with van der Waals surface area (Å²) in [7, 11) is 0. The third-order valence-electron chi connectivity index (χ3n) is 3.55. The predicted octanol–water partition coefficient (Wildman–Crippen LogP) is 3.41. The van der Waals surface area contributed by atoms with Crippen LogP contribution in [0.15, 0.2) is 43.0 Å². The van der Waals surface area contributed by atoms with Gasteiger partial charge in [0.25, 0.3) is 0 Å². The van der Waals surface area contributed by atoms with Crippen molar-refractivity contribution in [2.75, 3.05) is 5.32 Å². The van der Waals surface area contributed by atoms with Gasteiger partial charge in [0, 0.05) is 36.3 Å². The number of benzene rings is 1. The molecule has 0 atom stereocenters. The zero-order valence-corrected chi connectivity index (χ0v) is 11.5. The second-order valence-electron chi connectivity index (χ2n) is 5.15. The van der Waals surface area contributed by atoms with Crippen LogP contribution in [0.3, 0.4) is 0 Å².